The third kappa shape index (κ3) is 7.58. The van der Waals surface area contributed by atoms with Crippen LogP contribution in [0.25, 0.3) is 0 Å². The van der Waals surface area contributed by atoms with Gasteiger partial charge in [-0.1, -0.05) is 67.1 Å². The van der Waals surface area contributed by atoms with Crippen LogP contribution in [0.5, 0.6) is 0 Å². The van der Waals surface area contributed by atoms with E-state index in [0.717, 1.165) is 11.3 Å². The van der Waals surface area contributed by atoms with Crippen LogP contribution in [0.2, 0.25) is 0 Å². The Morgan fingerprint density at radius 3 is 2.34 bits per heavy atom. The van der Waals surface area contributed by atoms with Crippen LogP contribution in [0, 0.1) is 6.92 Å². The van der Waals surface area contributed by atoms with Crippen LogP contribution in [-0.2, 0) is 21.9 Å². The topological polar surface area (TPSA) is 49.4 Å². The molecule has 0 spiro atoms. The first-order chi connectivity index (χ1) is 13.9. The number of amides is 2. The van der Waals surface area contributed by atoms with Crippen LogP contribution in [0.3, 0.4) is 0 Å². The maximum Gasteiger partial charge on any atom is 0.243 e. The van der Waals surface area contributed by atoms with E-state index >= 15 is 0 Å². The fraction of sp³-hybridized carbons (Fsp3) is 0.417. The van der Waals surface area contributed by atoms with Crippen LogP contribution in [0.1, 0.15) is 43.9 Å². The van der Waals surface area contributed by atoms with E-state index in [2.05, 4.69) is 30.4 Å². The lowest BCUT2D eigenvalue weighted by atomic mass is 10.1. The summed E-state index contributed by atoms with van der Waals surface area (Å²) in [6.07, 6.45) is 0.583. The lowest BCUT2D eigenvalue weighted by Crippen LogP contribution is -2.50. The maximum absolute atomic E-state index is 13.1. The van der Waals surface area contributed by atoms with Gasteiger partial charge >= 0.3 is 0 Å². The van der Waals surface area contributed by atoms with Gasteiger partial charge < -0.3 is 10.2 Å². The van der Waals surface area contributed by atoms with E-state index in [9.17, 15) is 9.59 Å². The zero-order chi connectivity index (χ0) is 21.2. The molecule has 2 aromatic carbocycles. The Hall–Kier alpha value is -2.27. The largest absolute Gasteiger partial charge is 0.352 e. The van der Waals surface area contributed by atoms with Crippen molar-refractivity contribution in [2.75, 3.05) is 5.75 Å². The van der Waals surface area contributed by atoms with Crippen molar-refractivity contribution >= 4 is 23.6 Å². The number of nitrogens with one attached hydrogen (secondary N) is 1. The van der Waals surface area contributed by atoms with Crippen molar-refractivity contribution in [1.29, 1.82) is 0 Å². The highest BCUT2D eigenvalue weighted by atomic mass is 32.2. The quantitative estimate of drug-likeness (QED) is 0.622. The highest BCUT2D eigenvalue weighted by molar-refractivity contribution is 7.99. The standard InChI is InChI=1S/C24H32N2O2S/c1-5-22(24(28)25-18(2)3)26(15-20-11-7-6-8-12-20)23(27)17-29-16-21-13-9-10-19(4)14-21/h6-14,18,22H,5,15-17H2,1-4H3,(H,25,28)/t22-/m1/s1. The lowest BCUT2D eigenvalue weighted by Gasteiger charge is -2.31. The third-order valence-corrected chi connectivity index (χ3v) is 5.58. The molecule has 4 nitrogen and oxygen atoms in total. The number of nitrogens with zero attached hydrogens (tertiary/aromatic N) is 1. The van der Waals surface area contributed by atoms with Crippen molar-refractivity contribution < 1.29 is 9.59 Å². The van der Waals surface area contributed by atoms with Gasteiger partial charge in [-0.3, -0.25) is 9.59 Å². The van der Waals surface area contributed by atoms with Gasteiger partial charge in [0, 0.05) is 18.3 Å². The molecule has 2 rings (SSSR count). The minimum Gasteiger partial charge on any atom is -0.352 e. The molecule has 5 heteroatoms. The first-order valence-corrected chi connectivity index (χ1v) is 11.3. The van der Waals surface area contributed by atoms with Crippen LogP contribution in [0.4, 0.5) is 0 Å². The van der Waals surface area contributed by atoms with Crippen molar-refractivity contribution in [2.45, 2.75) is 58.5 Å². The van der Waals surface area contributed by atoms with Gasteiger partial charge in [0.1, 0.15) is 6.04 Å². The molecule has 0 fully saturated rings. The highest BCUT2D eigenvalue weighted by Crippen LogP contribution is 2.18. The lowest BCUT2D eigenvalue weighted by molar-refractivity contribution is -0.139. The summed E-state index contributed by atoms with van der Waals surface area (Å²) in [5, 5.41) is 2.96. The van der Waals surface area contributed by atoms with Crippen LogP contribution >= 0.6 is 11.8 Å². The van der Waals surface area contributed by atoms with Crippen LogP contribution in [0.15, 0.2) is 54.6 Å². The molecule has 0 saturated heterocycles. The summed E-state index contributed by atoms with van der Waals surface area (Å²) in [5.74, 6) is 1.04. The van der Waals surface area contributed by atoms with E-state index in [-0.39, 0.29) is 17.9 Å². The molecule has 0 aromatic heterocycles. The number of hydrogen-bond acceptors (Lipinski definition) is 3. The average Bonchev–Trinajstić information content (AvgIpc) is 2.68. The van der Waals surface area contributed by atoms with Crippen molar-refractivity contribution in [1.82, 2.24) is 10.2 Å². The van der Waals surface area contributed by atoms with Gasteiger partial charge in [-0.05, 0) is 38.3 Å². The van der Waals surface area contributed by atoms with Gasteiger partial charge in [-0.15, -0.1) is 11.8 Å². The minimum atomic E-state index is -0.468. The fourth-order valence-electron chi connectivity index (χ4n) is 3.22. The molecule has 0 saturated carbocycles. The number of benzene rings is 2. The number of rotatable bonds is 10. The van der Waals surface area contributed by atoms with E-state index in [0.29, 0.717) is 18.7 Å². The molecule has 1 N–H and O–H groups in total. The molecule has 2 amide bonds. The number of carbonyl (C=O) groups is 2. The molecule has 0 radical (unpaired) electrons. The van der Waals surface area contributed by atoms with Crippen molar-refractivity contribution in [2.24, 2.45) is 0 Å². The average molecular weight is 413 g/mol. The summed E-state index contributed by atoms with van der Waals surface area (Å²) in [6.45, 7) is 8.34. The molecule has 156 valence electrons. The van der Waals surface area contributed by atoms with Gasteiger partial charge in [-0.25, -0.2) is 0 Å². The number of thioether (sulfide) groups is 1. The van der Waals surface area contributed by atoms with Gasteiger partial charge in [0.25, 0.3) is 0 Å². The molecule has 0 unspecified atom stereocenters. The van der Waals surface area contributed by atoms with Gasteiger partial charge in [0.2, 0.25) is 11.8 Å². The molecule has 29 heavy (non-hydrogen) atoms. The molecule has 0 aliphatic carbocycles. The Morgan fingerprint density at radius 2 is 1.72 bits per heavy atom. The fourth-order valence-corrected chi connectivity index (χ4v) is 4.08. The maximum atomic E-state index is 13.1. The molecule has 0 bridgehead atoms. The molecular weight excluding hydrogens is 380 g/mol. The van der Waals surface area contributed by atoms with Crippen LogP contribution in [-0.4, -0.2) is 34.6 Å². The first-order valence-electron chi connectivity index (χ1n) is 10.2. The van der Waals surface area contributed by atoms with Gasteiger partial charge in [0.05, 0.1) is 5.75 Å². The smallest absolute Gasteiger partial charge is 0.243 e. The van der Waals surface area contributed by atoms with Crippen molar-refractivity contribution in [3.63, 3.8) is 0 Å². The van der Waals surface area contributed by atoms with E-state index < -0.39 is 6.04 Å². The Labute approximate surface area is 179 Å². The molecular formula is C24H32N2O2S. The normalized spacial score (nSPS) is 11.9. The summed E-state index contributed by atoms with van der Waals surface area (Å²) in [5.41, 5.74) is 3.46. The summed E-state index contributed by atoms with van der Waals surface area (Å²) < 4.78 is 0. The predicted molar refractivity (Wildman–Crippen MR) is 122 cm³/mol. The zero-order valence-corrected chi connectivity index (χ0v) is 18.7. The zero-order valence-electron chi connectivity index (χ0n) is 17.9. The Morgan fingerprint density at radius 1 is 1.03 bits per heavy atom. The number of aryl methyl sites for hydroxylation is 1. The Balaban J connectivity index is 2.09. The molecule has 1 atom stereocenters. The Bertz CT molecular complexity index is 792. The van der Waals surface area contributed by atoms with Crippen molar-refractivity contribution in [3.8, 4) is 0 Å². The van der Waals surface area contributed by atoms with E-state index in [1.165, 1.54) is 11.1 Å². The van der Waals surface area contributed by atoms with Crippen LogP contribution < -0.4 is 5.32 Å². The van der Waals surface area contributed by atoms with E-state index in [1.54, 1.807) is 16.7 Å². The van der Waals surface area contributed by atoms with E-state index in [4.69, 9.17) is 0 Å². The SMILES string of the molecule is CC[C@H](C(=O)NC(C)C)N(Cc1ccccc1)C(=O)CSCc1cccc(C)c1. The predicted octanol–water partition coefficient (Wildman–Crippen LogP) is 4.56. The number of carbonyl (C=O) groups excluding carboxylic acids is 2. The third-order valence-electron chi connectivity index (χ3n) is 4.59. The summed E-state index contributed by atoms with van der Waals surface area (Å²) in [7, 11) is 0. The second-order valence-corrected chi connectivity index (χ2v) is 8.56. The van der Waals surface area contributed by atoms with E-state index in [1.807, 2.05) is 57.2 Å². The monoisotopic (exact) mass is 412 g/mol. The Kier molecular flexibility index (Phi) is 9.26. The summed E-state index contributed by atoms with van der Waals surface area (Å²) in [4.78, 5) is 27.6. The second kappa shape index (κ2) is 11.7. The highest BCUT2D eigenvalue weighted by Gasteiger charge is 2.28. The van der Waals surface area contributed by atoms with Gasteiger partial charge in [-0.2, -0.15) is 0 Å². The van der Waals surface area contributed by atoms with Crippen molar-refractivity contribution in [3.05, 3.63) is 71.3 Å². The molecule has 0 heterocycles. The number of hydrogen-bond donors (Lipinski definition) is 1. The summed E-state index contributed by atoms with van der Waals surface area (Å²) in [6, 6.07) is 17.8. The molecule has 2 aromatic rings. The first kappa shape index (κ1) is 23.0. The summed E-state index contributed by atoms with van der Waals surface area (Å²) >= 11 is 1.59. The second-order valence-electron chi connectivity index (χ2n) is 7.58. The van der Waals surface area contributed by atoms with Gasteiger partial charge in [0.15, 0.2) is 0 Å². The molecule has 0 aliphatic heterocycles. The minimum absolute atomic E-state index is 0.00253. The molecule has 0 aliphatic rings.